The fraction of sp³-hybridized carbons (Fsp3) is 0.333. The Morgan fingerprint density at radius 3 is 2.30 bits per heavy atom. The van der Waals surface area contributed by atoms with Crippen molar-refractivity contribution >= 4 is 0 Å². The Kier molecular flexibility index (Phi) is 4.20. The molecule has 0 saturated heterocycles. The summed E-state index contributed by atoms with van der Waals surface area (Å²) >= 11 is 0. The first-order valence-corrected chi connectivity index (χ1v) is 6.34. The van der Waals surface area contributed by atoms with Crippen LogP contribution in [0.5, 0.6) is 11.6 Å². The third kappa shape index (κ3) is 3.05. The summed E-state index contributed by atoms with van der Waals surface area (Å²) in [6.45, 7) is 1.92. The summed E-state index contributed by atoms with van der Waals surface area (Å²) in [5, 5.41) is 0. The summed E-state index contributed by atoms with van der Waals surface area (Å²) in [5.74, 6) is 1.29. The van der Waals surface area contributed by atoms with Gasteiger partial charge in [0.1, 0.15) is 11.4 Å². The zero-order valence-corrected chi connectivity index (χ0v) is 12.0. The number of nitrogens with two attached hydrogens (primary N) is 1. The van der Waals surface area contributed by atoms with Gasteiger partial charge in [-0.15, -0.1) is 0 Å². The smallest absolute Gasteiger partial charge is 0.237 e. The highest BCUT2D eigenvalue weighted by atomic mass is 16.5. The van der Waals surface area contributed by atoms with Gasteiger partial charge >= 0.3 is 0 Å². The Morgan fingerprint density at radius 1 is 1.05 bits per heavy atom. The fourth-order valence-electron chi connectivity index (χ4n) is 2.12. The maximum atomic E-state index is 6.40. The lowest BCUT2D eigenvalue weighted by atomic mass is 9.90. The molecule has 0 fully saturated rings. The Balaban J connectivity index is 2.25. The minimum atomic E-state index is -0.659. The highest BCUT2D eigenvalue weighted by Crippen LogP contribution is 2.27. The topological polar surface area (TPSA) is 70.3 Å². The molecule has 2 rings (SSSR count). The standard InChI is InChI=1S/C15H19N3O2/c1-15(16,13-14(20-3)18-9-8-17-13)10-11-4-6-12(19-2)7-5-11/h4-9H,10,16H2,1-3H3. The normalized spacial score (nSPS) is 13.6. The van der Waals surface area contributed by atoms with Crippen LogP contribution < -0.4 is 15.2 Å². The molecule has 106 valence electrons. The summed E-state index contributed by atoms with van der Waals surface area (Å²) < 4.78 is 10.4. The van der Waals surface area contributed by atoms with Crippen molar-refractivity contribution in [1.29, 1.82) is 0 Å². The van der Waals surface area contributed by atoms with Crippen LogP contribution in [0.25, 0.3) is 0 Å². The van der Waals surface area contributed by atoms with Crippen molar-refractivity contribution in [3.8, 4) is 11.6 Å². The molecule has 1 heterocycles. The molecule has 1 aromatic heterocycles. The maximum Gasteiger partial charge on any atom is 0.237 e. The average Bonchev–Trinajstić information content (AvgIpc) is 2.47. The van der Waals surface area contributed by atoms with Crippen LogP contribution in [0.2, 0.25) is 0 Å². The first-order valence-electron chi connectivity index (χ1n) is 6.34. The van der Waals surface area contributed by atoms with Crippen LogP contribution in [-0.4, -0.2) is 24.2 Å². The molecule has 0 aliphatic carbocycles. The van der Waals surface area contributed by atoms with Gasteiger partial charge in [0.25, 0.3) is 0 Å². The maximum absolute atomic E-state index is 6.40. The number of rotatable bonds is 5. The van der Waals surface area contributed by atoms with Crippen molar-refractivity contribution in [2.75, 3.05) is 14.2 Å². The van der Waals surface area contributed by atoms with E-state index in [9.17, 15) is 0 Å². The fourth-order valence-corrected chi connectivity index (χ4v) is 2.12. The zero-order chi connectivity index (χ0) is 14.6. The third-order valence-electron chi connectivity index (χ3n) is 3.13. The lowest BCUT2D eigenvalue weighted by molar-refractivity contribution is 0.363. The molecule has 5 nitrogen and oxygen atoms in total. The molecule has 0 saturated carbocycles. The van der Waals surface area contributed by atoms with E-state index in [1.165, 1.54) is 0 Å². The molecule has 0 aliphatic rings. The van der Waals surface area contributed by atoms with E-state index in [-0.39, 0.29) is 0 Å². The molecule has 2 aromatic rings. The molecule has 0 radical (unpaired) electrons. The number of ether oxygens (including phenoxy) is 2. The Labute approximate surface area is 118 Å². The Hall–Kier alpha value is -2.14. The minimum Gasteiger partial charge on any atom is -0.497 e. The lowest BCUT2D eigenvalue weighted by Crippen LogP contribution is -2.37. The lowest BCUT2D eigenvalue weighted by Gasteiger charge is -2.25. The largest absolute Gasteiger partial charge is 0.497 e. The van der Waals surface area contributed by atoms with Crippen LogP contribution in [0.15, 0.2) is 36.7 Å². The van der Waals surface area contributed by atoms with E-state index in [4.69, 9.17) is 15.2 Å². The second-order valence-electron chi connectivity index (χ2n) is 4.86. The summed E-state index contributed by atoms with van der Waals surface area (Å²) in [6, 6.07) is 7.82. The van der Waals surface area contributed by atoms with Gasteiger partial charge in [-0.1, -0.05) is 12.1 Å². The second-order valence-corrected chi connectivity index (χ2v) is 4.86. The van der Waals surface area contributed by atoms with E-state index in [0.717, 1.165) is 11.3 Å². The number of nitrogens with zero attached hydrogens (tertiary/aromatic N) is 2. The van der Waals surface area contributed by atoms with Crippen molar-refractivity contribution < 1.29 is 9.47 Å². The molecule has 0 amide bonds. The SMILES string of the molecule is COc1ccc(CC(C)(N)c2nccnc2OC)cc1. The van der Waals surface area contributed by atoms with Gasteiger partial charge in [0.2, 0.25) is 5.88 Å². The average molecular weight is 273 g/mol. The molecule has 0 aliphatic heterocycles. The number of aromatic nitrogens is 2. The monoisotopic (exact) mass is 273 g/mol. The number of hydrogen-bond acceptors (Lipinski definition) is 5. The summed E-state index contributed by atoms with van der Waals surface area (Å²) in [4.78, 5) is 8.46. The van der Waals surface area contributed by atoms with E-state index < -0.39 is 5.54 Å². The van der Waals surface area contributed by atoms with Gasteiger partial charge in [-0.05, 0) is 31.0 Å². The van der Waals surface area contributed by atoms with E-state index >= 15 is 0 Å². The summed E-state index contributed by atoms with van der Waals surface area (Å²) in [7, 11) is 3.21. The van der Waals surface area contributed by atoms with Crippen LogP contribution in [0.3, 0.4) is 0 Å². The molecule has 0 bridgehead atoms. The van der Waals surface area contributed by atoms with Gasteiger partial charge in [0.05, 0.1) is 19.8 Å². The summed E-state index contributed by atoms with van der Waals surface area (Å²) in [6.07, 6.45) is 3.84. The quantitative estimate of drug-likeness (QED) is 0.901. The molecule has 5 heteroatoms. The van der Waals surface area contributed by atoms with Gasteiger partial charge in [-0.25, -0.2) is 4.98 Å². The molecular weight excluding hydrogens is 254 g/mol. The highest BCUT2D eigenvalue weighted by Gasteiger charge is 2.27. The number of hydrogen-bond donors (Lipinski definition) is 1. The molecule has 1 aromatic carbocycles. The van der Waals surface area contributed by atoms with Crippen molar-refractivity contribution in [2.24, 2.45) is 5.73 Å². The van der Waals surface area contributed by atoms with Crippen LogP contribution in [0.4, 0.5) is 0 Å². The predicted octanol–water partition coefficient (Wildman–Crippen LogP) is 1.91. The summed E-state index contributed by atoms with van der Waals surface area (Å²) in [5.41, 5.74) is 7.50. The van der Waals surface area contributed by atoms with Crippen molar-refractivity contribution in [3.05, 3.63) is 47.9 Å². The van der Waals surface area contributed by atoms with Gasteiger partial charge in [-0.3, -0.25) is 4.98 Å². The number of methoxy groups -OCH3 is 2. The van der Waals surface area contributed by atoms with Crippen molar-refractivity contribution in [2.45, 2.75) is 18.9 Å². The van der Waals surface area contributed by atoms with E-state index in [1.807, 2.05) is 31.2 Å². The van der Waals surface area contributed by atoms with Crippen LogP contribution in [0.1, 0.15) is 18.2 Å². The number of benzene rings is 1. The van der Waals surface area contributed by atoms with E-state index in [0.29, 0.717) is 18.0 Å². The van der Waals surface area contributed by atoms with Crippen LogP contribution in [-0.2, 0) is 12.0 Å². The van der Waals surface area contributed by atoms with Gasteiger partial charge < -0.3 is 15.2 Å². The molecule has 0 spiro atoms. The van der Waals surface area contributed by atoms with Crippen LogP contribution in [0, 0.1) is 0 Å². The Morgan fingerprint density at radius 2 is 1.70 bits per heavy atom. The van der Waals surface area contributed by atoms with Gasteiger partial charge in [-0.2, -0.15) is 0 Å². The molecule has 20 heavy (non-hydrogen) atoms. The van der Waals surface area contributed by atoms with E-state index in [2.05, 4.69) is 9.97 Å². The Bertz CT molecular complexity index is 568. The first kappa shape index (κ1) is 14.3. The highest BCUT2D eigenvalue weighted by molar-refractivity contribution is 5.32. The van der Waals surface area contributed by atoms with Gasteiger partial charge in [0.15, 0.2) is 0 Å². The van der Waals surface area contributed by atoms with Crippen molar-refractivity contribution in [1.82, 2.24) is 9.97 Å². The zero-order valence-electron chi connectivity index (χ0n) is 12.0. The molecule has 2 N–H and O–H groups in total. The van der Waals surface area contributed by atoms with Gasteiger partial charge in [0, 0.05) is 12.4 Å². The van der Waals surface area contributed by atoms with E-state index in [1.54, 1.807) is 26.6 Å². The molecule has 1 atom stereocenters. The predicted molar refractivity (Wildman–Crippen MR) is 76.8 cm³/mol. The third-order valence-corrected chi connectivity index (χ3v) is 3.13. The molecular formula is C15H19N3O2. The van der Waals surface area contributed by atoms with Crippen molar-refractivity contribution in [3.63, 3.8) is 0 Å². The first-order chi connectivity index (χ1) is 9.56. The second kappa shape index (κ2) is 5.88. The minimum absolute atomic E-state index is 0.464. The molecule has 1 unspecified atom stereocenters. The van der Waals surface area contributed by atoms with Crippen LogP contribution >= 0.6 is 0 Å².